The Kier molecular flexibility index (Phi) is 4.58. The monoisotopic (exact) mass is 262 g/mol. The Balaban J connectivity index is 3.38. The third kappa shape index (κ3) is 2.94. The van der Waals surface area contributed by atoms with Crippen molar-refractivity contribution >= 4 is 6.29 Å². The normalized spacial score (nSPS) is 11.2. The van der Waals surface area contributed by atoms with E-state index in [1.807, 2.05) is 0 Å². The fourth-order valence-electron chi connectivity index (χ4n) is 1.71. The predicted molar refractivity (Wildman–Crippen MR) is 58.9 cm³/mol. The second kappa shape index (κ2) is 5.75. The summed E-state index contributed by atoms with van der Waals surface area (Å²) in [6.07, 6.45) is -3.97. The minimum atomic E-state index is -4.49. The fourth-order valence-corrected chi connectivity index (χ4v) is 1.71. The summed E-state index contributed by atoms with van der Waals surface area (Å²) < 4.78 is 48.4. The number of rotatable bonds is 5. The molecule has 0 unspecified atom stereocenters. The molecule has 0 aliphatic rings. The van der Waals surface area contributed by atoms with Crippen molar-refractivity contribution in [3.63, 3.8) is 0 Å². The highest BCUT2D eigenvalue weighted by atomic mass is 19.4. The van der Waals surface area contributed by atoms with Crippen molar-refractivity contribution in [1.82, 2.24) is 0 Å². The summed E-state index contributed by atoms with van der Waals surface area (Å²) in [5.74, 6) is 0.237. The van der Waals surface area contributed by atoms with Crippen molar-refractivity contribution in [2.75, 3.05) is 14.2 Å². The molecule has 3 nitrogen and oxygen atoms in total. The first-order chi connectivity index (χ1) is 8.45. The number of carbonyl (C=O) groups excluding carboxylic acids is 1. The first kappa shape index (κ1) is 14.3. The van der Waals surface area contributed by atoms with Gasteiger partial charge in [0.05, 0.1) is 19.8 Å². The Bertz CT molecular complexity index is 427. The molecule has 0 aromatic heterocycles. The van der Waals surface area contributed by atoms with Gasteiger partial charge >= 0.3 is 6.18 Å². The van der Waals surface area contributed by atoms with E-state index in [0.717, 1.165) is 6.07 Å². The lowest BCUT2D eigenvalue weighted by Gasteiger charge is -2.18. The molecule has 1 rings (SSSR count). The molecule has 0 heterocycles. The first-order valence-electron chi connectivity index (χ1n) is 5.20. The van der Waals surface area contributed by atoms with Crippen molar-refractivity contribution in [3.8, 4) is 11.5 Å². The van der Waals surface area contributed by atoms with Gasteiger partial charge in [0.15, 0.2) is 11.5 Å². The number of alkyl halides is 3. The van der Waals surface area contributed by atoms with Crippen LogP contribution in [0.25, 0.3) is 0 Å². The summed E-state index contributed by atoms with van der Waals surface area (Å²) in [4.78, 5) is 10.3. The van der Waals surface area contributed by atoms with Crippen LogP contribution in [0.15, 0.2) is 12.1 Å². The summed E-state index contributed by atoms with van der Waals surface area (Å²) in [6, 6.07) is 2.13. The molecule has 0 atom stereocenters. The second-order valence-electron chi connectivity index (χ2n) is 3.53. The second-order valence-corrected chi connectivity index (χ2v) is 3.53. The van der Waals surface area contributed by atoms with Crippen LogP contribution < -0.4 is 9.47 Å². The first-order valence-corrected chi connectivity index (χ1v) is 5.20. The zero-order chi connectivity index (χ0) is 13.8. The van der Waals surface area contributed by atoms with Gasteiger partial charge in [-0.25, -0.2) is 0 Å². The van der Waals surface area contributed by atoms with E-state index in [4.69, 9.17) is 9.47 Å². The highest BCUT2D eigenvalue weighted by Crippen LogP contribution is 2.41. The van der Waals surface area contributed by atoms with Crippen LogP contribution >= 0.6 is 0 Å². The lowest BCUT2D eigenvalue weighted by molar-refractivity contribution is -0.138. The summed E-state index contributed by atoms with van der Waals surface area (Å²) in [5, 5.41) is 0. The van der Waals surface area contributed by atoms with Gasteiger partial charge in [-0.3, -0.25) is 0 Å². The molecule has 0 aliphatic carbocycles. The SMILES string of the molecule is COc1ccc(C(F)(F)F)c(CCC=O)c1OC. The van der Waals surface area contributed by atoms with Crippen molar-refractivity contribution in [2.45, 2.75) is 19.0 Å². The highest BCUT2D eigenvalue weighted by Gasteiger charge is 2.35. The van der Waals surface area contributed by atoms with Crippen LogP contribution in [-0.4, -0.2) is 20.5 Å². The van der Waals surface area contributed by atoms with Gasteiger partial charge in [0.25, 0.3) is 0 Å². The molecule has 0 fully saturated rings. The predicted octanol–water partition coefficient (Wildman–Crippen LogP) is 2.85. The smallest absolute Gasteiger partial charge is 0.416 e. The molecule has 0 spiro atoms. The molecule has 0 aliphatic heterocycles. The van der Waals surface area contributed by atoms with E-state index in [1.54, 1.807) is 0 Å². The van der Waals surface area contributed by atoms with Crippen LogP contribution in [0.1, 0.15) is 17.5 Å². The quantitative estimate of drug-likeness (QED) is 0.765. The zero-order valence-corrected chi connectivity index (χ0v) is 10.0. The van der Waals surface area contributed by atoms with Crippen LogP contribution in [0, 0.1) is 0 Å². The van der Waals surface area contributed by atoms with Crippen molar-refractivity contribution in [2.24, 2.45) is 0 Å². The summed E-state index contributed by atoms with van der Waals surface area (Å²) >= 11 is 0. The summed E-state index contributed by atoms with van der Waals surface area (Å²) in [5.41, 5.74) is -0.863. The molecule has 0 bridgehead atoms. The highest BCUT2D eigenvalue weighted by molar-refractivity contribution is 5.55. The molecule has 6 heteroatoms. The molecular formula is C12H13F3O3. The lowest BCUT2D eigenvalue weighted by atomic mass is 10.0. The Hall–Kier alpha value is -1.72. The van der Waals surface area contributed by atoms with Gasteiger partial charge in [0, 0.05) is 12.0 Å². The maximum atomic E-state index is 12.8. The number of benzene rings is 1. The van der Waals surface area contributed by atoms with Gasteiger partial charge in [0.1, 0.15) is 6.29 Å². The van der Waals surface area contributed by atoms with Crippen molar-refractivity contribution in [3.05, 3.63) is 23.3 Å². The van der Waals surface area contributed by atoms with Crippen LogP contribution in [0.4, 0.5) is 13.2 Å². The third-order valence-electron chi connectivity index (χ3n) is 2.47. The molecule has 100 valence electrons. The maximum absolute atomic E-state index is 12.8. The van der Waals surface area contributed by atoms with Gasteiger partial charge in [-0.2, -0.15) is 13.2 Å². The maximum Gasteiger partial charge on any atom is 0.416 e. The Morgan fingerprint density at radius 3 is 2.33 bits per heavy atom. The molecular weight excluding hydrogens is 249 g/mol. The molecule has 0 radical (unpaired) electrons. The van der Waals surface area contributed by atoms with E-state index in [9.17, 15) is 18.0 Å². The minimum absolute atomic E-state index is 0.00733. The van der Waals surface area contributed by atoms with E-state index in [2.05, 4.69) is 0 Å². The van der Waals surface area contributed by atoms with Crippen LogP contribution in [0.5, 0.6) is 11.5 Å². The van der Waals surface area contributed by atoms with Gasteiger partial charge < -0.3 is 14.3 Å². The van der Waals surface area contributed by atoms with Crippen LogP contribution in [-0.2, 0) is 17.4 Å². The Labute approximate surface area is 103 Å². The minimum Gasteiger partial charge on any atom is -0.493 e. The van der Waals surface area contributed by atoms with Crippen molar-refractivity contribution in [1.29, 1.82) is 0 Å². The molecule has 1 aromatic carbocycles. The molecule has 0 amide bonds. The largest absolute Gasteiger partial charge is 0.493 e. The Morgan fingerprint density at radius 1 is 1.22 bits per heavy atom. The average molecular weight is 262 g/mol. The number of aldehydes is 1. The fraction of sp³-hybridized carbons (Fsp3) is 0.417. The van der Waals surface area contributed by atoms with E-state index in [0.29, 0.717) is 6.29 Å². The topological polar surface area (TPSA) is 35.5 Å². The van der Waals surface area contributed by atoms with Crippen LogP contribution in [0.2, 0.25) is 0 Å². The molecule has 0 N–H and O–H groups in total. The van der Waals surface area contributed by atoms with Crippen LogP contribution in [0.3, 0.4) is 0 Å². The third-order valence-corrected chi connectivity index (χ3v) is 2.47. The molecule has 18 heavy (non-hydrogen) atoms. The van der Waals surface area contributed by atoms with Gasteiger partial charge in [-0.1, -0.05) is 0 Å². The van der Waals surface area contributed by atoms with E-state index in [-0.39, 0.29) is 29.9 Å². The number of ether oxygens (including phenoxy) is 2. The number of carbonyl (C=O) groups is 1. The summed E-state index contributed by atoms with van der Waals surface area (Å²) in [7, 11) is 2.61. The number of methoxy groups -OCH3 is 2. The standard InChI is InChI=1S/C12H13F3O3/c1-17-10-6-5-9(12(13,14)15)8(4-3-7-16)11(10)18-2/h5-7H,3-4H2,1-2H3. The number of hydrogen-bond donors (Lipinski definition) is 0. The van der Waals surface area contributed by atoms with Gasteiger partial charge in [0.2, 0.25) is 0 Å². The zero-order valence-electron chi connectivity index (χ0n) is 10.0. The Morgan fingerprint density at radius 2 is 1.89 bits per heavy atom. The van der Waals surface area contributed by atoms with E-state index in [1.165, 1.54) is 20.3 Å². The summed E-state index contributed by atoms with van der Waals surface area (Å²) in [6.45, 7) is 0. The molecule has 0 saturated heterocycles. The lowest BCUT2D eigenvalue weighted by Crippen LogP contribution is -2.11. The number of halogens is 3. The molecule has 1 aromatic rings. The average Bonchev–Trinajstić information content (AvgIpc) is 2.33. The van der Waals surface area contributed by atoms with Gasteiger partial charge in [-0.05, 0) is 18.6 Å². The number of hydrogen-bond acceptors (Lipinski definition) is 3. The van der Waals surface area contributed by atoms with E-state index < -0.39 is 11.7 Å². The van der Waals surface area contributed by atoms with E-state index >= 15 is 0 Å². The van der Waals surface area contributed by atoms with Gasteiger partial charge in [-0.15, -0.1) is 0 Å². The molecule has 0 saturated carbocycles. The van der Waals surface area contributed by atoms with Crippen molar-refractivity contribution < 1.29 is 27.4 Å².